The van der Waals surface area contributed by atoms with E-state index >= 15 is 0 Å². The van der Waals surface area contributed by atoms with Gasteiger partial charge >= 0.3 is 12.1 Å². The summed E-state index contributed by atoms with van der Waals surface area (Å²) < 4.78 is 50.5. The number of hydrogen-bond acceptors (Lipinski definition) is 4. The molecule has 202 valence electrons. The molecule has 0 saturated carbocycles. The van der Waals surface area contributed by atoms with Crippen LogP contribution in [0.1, 0.15) is 37.3 Å². The van der Waals surface area contributed by atoms with Gasteiger partial charge in [0.05, 0.1) is 13.2 Å². The molecule has 1 saturated heterocycles. The molecule has 4 rings (SSSR count). The number of nitrogens with zero attached hydrogens (tertiary/aromatic N) is 3. The zero-order valence-corrected chi connectivity index (χ0v) is 21.7. The largest absolute Gasteiger partial charge is 0.466 e. The van der Waals surface area contributed by atoms with Gasteiger partial charge in [-0.05, 0) is 62.5 Å². The van der Waals surface area contributed by atoms with Gasteiger partial charge in [-0.1, -0.05) is 35.9 Å². The second-order valence-electron chi connectivity index (χ2n) is 9.70. The SMILES string of the molecule is [C-]#[N+]c1ccc2c(C(O)(CN3CCC(CC(=O)OCC)CC3)C(F)(F)F)cn(Cc3ccc(Cl)cc3)c2c1. The van der Waals surface area contributed by atoms with E-state index in [9.17, 15) is 23.1 Å². The van der Waals surface area contributed by atoms with Crippen LogP contribution in [0.3, 0.4) is 0 Å². The van der Waals surface area contributed by atoms with Crippen molar-refractivity contribution in [2.75, 3.05) is 26.2 Å². The van der Waals surface area contributed by atoms with Crippen molar-refractivity contribution in [3.05, 3.63) is 76.2 Å². The number of fused-ring (bicyclic) bond motifs is 1. The molecule has 1 aliphatic rings. The Morgan fingerprint density at radius 3 is 2.47 bits per heavy atom. The van der Waals surface area contributed by atoms with Crippen molar-refractivity contribution in [2.24, 2.45) is 5.92 Å². The maximum absolute atomic E-state index is 14.6. The first-order valence-electron chi connectivity index (χ1n) is 12.5. The van der Waals surface area contributed by atoms with Gasteiger partial charge in [0.1, 0.15) is 0 Å². The molecule has 2 aromatic carbocycles. The Bertz CT molecular complexity index is 1330. The minimum atomic E-state index is -4.95. The maximum atomic E-state index is 14.6. The number of rotatable bonds is 8. The van der Waals surface area contributed by atoms with E-state index in [1.807, 2.05) is 0 Å². The highest BCUT2D eigenvalue weighted by Crippen LogP contribution is 2.44. The van der Waals surface area contributed by atoms with Crippen molar-refractivity contribution in [1.82, 2.24) is 9.47 Å². The lowest BCUT2D eigenvalue weighted by molar-refractivity contribution is -0.271. The Morgan fingerprint density at radius 2 is 1.87 bits per heavy atom. The third kappa shape index (κ3) is 5.98. The van der Waals surface area contributed by atoms with Gasteiger partial charge in [-0.3, -0.25) is 9.69 Å². The summed E-state index contributed by atoms with van der Waals surface area (Å²) in [6, 6.07) is 11.4. The van der Waals surface area contributed by atoms with E-state index in [1.165, 1.54) is 18.3 Å². The monoisotopic (exact) mass is 547 g/mol. The van der Waals surface area contributed by atoms with Crippen LogP contribution >= 0.6 is 11.6 Å². The molecular formula is C28H29ClF3N3O3. The summed E-state index contributed by atoms with van der Waals surface area (Å²) in [7, 11) is 0. The van der Waals surface area contributed by atoms with Crippen molar-refractivity contribution in [3.63, 3.8) is 0 Å². The van der Waals surface area contributed by atoms with Crippen molar-refractivity contribution in [2.45, 2.75) is 44.5 Å². The summed E-state index contributed by atoms with van der Waals surface area (Å²) in [6.07, 6.45) is -2.29. The van der Waals surface area contributed by atoms with Crippen LogP contribution in [0.5, 0.6) is 0 Å². The molecule has 1 fully saturated rings. The highest BCUT2D eigenvalue weighted by molar-refractivity contribution is 6.30. The standard InChI is InChI=1S/C28H29ClF3N3O3/c1-3-38-26(36)14-19-10-12-34(13-11-19)18-27(37,28(30,31)32)24-17-35(16-20-4-6-21(29)7-5-20)25-15-22(33-2)8-9-23(24)25/h4-9,15,17,19,37H,3,10-14,16,18H2,1H3. The van der Waals surface area contributed by atoms with E-state index in [0.29, 0.717) is 48.8 Å². The van der Waals surface area contributed by atoms with Gasteiger partial charge in [-0.25, -0.2) is 4.85 Å². The topological polar surface area (TPSA) is 59.1 Å². The minimum absolute atomic E-state index is 0.0395. The number of ether oxygens (including phenoxy) is 1. The zero-order chi connectivity index (χ0) is 27.5. The molecule has 0 spiro atoms. The second kappa shape index (κ2) is 11.4. The summed E-state index contributed by atoms with van der Waals surface area (Å²) in [5.41, 5.74) is -1.85. The molecular weight excluding hydrogens is 519 g/mol. The number of benzene rings is 2. The first-order valence-corrected chi connectivity index (χ1v) is 12.8. The Hall–Kier alpha value is -3.06. The van der Waals surface area contributed by atoms with Crippen LogP contribution in [0.15, 0.2) is 48.7 Å². The minimum Gasteiger partial charge on any atom is -0.466 e. The summed E-state index contributed by atoms with van der Waals surface area (Å²) in [6.45, 7) is 9.63. The number of alkyl halides is 3. The number of aliphatic hydroxyl groups is 1. The van der Waals surface area contributed by atoms with Gasteiger partial charge < -0.3 is 14.4 Å². The number of piperidine rings is 1. The van der Waals surface area contributed by atoms with Crippen LogP contribution in [-0.2, 0) is 21.7 Å². The van der Waals surface area contributed by atoms with Crippen LogP contribution in [0.4, 0.5) is 18.9 Å². The van der Waals surface area contributed by atoms with Crippen molar-refractivity contribution in [1.29, 1.82) is 0 Å². The van der Waals surface area contributed by atoms with Crippen LogP contribution in [-0.4, -0.2) is 53.0 Å². The Kier molecular flexibility index (Phi) is 8.36. The van der Waals surface area contributed by atoms with Crippen LogP contribution in [0.25, 0.3) is 15.7 Å². The lowest BCUT2D eigenvalue weighted by atomic mass is 9.89. The van der Waals surface area contributed by atoms with Gasteiger partial charge in [-0.15, -0.1) is 0 Å². The number of hydrogen-bond donors (Lipinski definition) is 1. The molecule has 6 nitrogen and oxygen atoms in total. The number of likely N-dealkylation sites (tertiary alicyclic amines) is 1. The fourth-order valence-electron chi connectivity index (χ4n) is 5.05. The van der Waals surface area contributed by atoms with Crippen LogP contribution in [0, 0.1) is 12.5 Å². The predicted molar refractivity (Wildman–Crippen MR) is 139 cm³/mol. The average molecular weight is 548 g/mol. The fraction of sp³-hybridized carbons (Fsp3) is 0.429. The normalized spacial score (nSPS) is 16.8. The zero-order valence-electron chi connectivity index (χ0n) is 21.0. The van der Waals surface area contributed by atoms with Crippen molar-refractivity contribution >= 4 is 34.2 Å². The number of β-amino-alcohol motifs (C(OH)–C–C–N with tert-alkyl or cyclic N) is 1. The van der Waals surface area contributed by atoms with E-state index in [4.69, 9.17) is 22.9 Å². The van der Waals surface area contributed by atoms with Gasteiger partial charge in [0.2, 0.25) is 5.60 Å². The molecule has 2 heterocycles. The van der Waals surface area contributed by atoms with Gasteiger partial charge in [-0.2, -0.15) is 13.2 Å². The number of halogens is 4. The van der Waals surface area contributed by atoms with E-state index in [1.54, 1.807) is 46.7 Å². The summed E-state index contributed by atoms with van der Waals surface area (Å²) in [4.78, 5) is 16.8. The highest BCUT2D eigenvalue weighted by atomic mass is 35.5. The number of aromatic nitrogens is 1. The Labute approximate surface area is 224 Å². The molecule has 0 bridgehead atoms. The van der Waals surface area contributed by atoms with E-state index in [2.05, 4.69) is 4.85 Å². The second-order valence-corrected chi connectivity index (χ2v) is 10.1. The quantitative estimate of drug-likeness (QED) is 0.265. The van der Waals surface area contributed by atoms with Crippen LogP contribution < -0.4 is 0 Å². The van der Waals surface area contributed by atoms with Crippen molar-refractivity contribution in [3.8, 4) is 0 Å². The smallest absolute Gasteiger partial charge is 0.422 e. The Balaban J connectivity index is 1.65. The lowest BCUT2D eigenvalue weighted by Crippen LogP contribution is -2.52. The maximum Gasteiger partial charge on any atom is 0.422 e. The summed E-state index contributed by atoms with van der Waals surface area (Å²) >= 11 is 5.98. The molecule has 0 amide bonds. The molecule has 1 N–H and O–H groups in total. The molecule has 3 aromatic rings. The van der Waals surface area contributed by atoms with Gasteiger partial charge in [0.25, 0.3) is 0 Å². The summed E-state index contributed by atoms with van der Waals surface area (Å²) in [5, 5.41) is 12.1. The molecule has 0 aliphatic carbocycles. The average Bonchev–Trinajstić information content (AvgIpc) is 3.24. The molecule has 38 heavy (non-hydrogen) atoms. The highest BCUT2D eigenvalue weighted by Gasteiger charge is 2.57. The molecule has 0 radical (unpaired) electrons. The third-order valence-corrected chi connectivity index (χ3v) is 7.35. The van der Waals surface area contributed by atoms with E-state index in [-0.39, 0.29) is 35.8 Å². The molecule has 10 heteroatoms. The molecule has 1 atom stereocenters. The first-order chi connectivity index (χ1) is 18.0. The Morgan fingerprint density at radius 1 is 1.18 bits per heavy atom. The van der Waals surface area contributed by atoms with Gasteiger partial charge in [0, 0.05) is 47.2 Å². The molecule has 1 aromatic heterocycles. The van der Waals surface area contributed by atoms with Crippen LogP contribution in [0.2, 0.25) is 5.02 Å². The van der Waals surface area contributed by atoms with Crippen molar-refractivity contribution < 1.29 is 27.8 Å². The molecule has 1 unspecified atom stereocenters. The predicted octanol–water partition coefficient (Wildman–Crippen LogP) is 6.31. The number of carbonyl (C=O) groups excluding carboxylic acids is 1. The van der Waals surface area contributed by atoms with Gasteiger partial charge in [0.15, 0.2) is 5.69 Å². The van der Waals surface area contributed by atoms with E-state index in [0.717, 1.165) is 5.56 Å². The number of esters is 1. The van der Waals surface area contributed by atoms with E-state index < -0.39 is 18.3 Å². The summed E-state index contributed by atoms with van der Waals surface area (Å²) in [5.74, 6) is -0.261. The first kappa shape index (κ1) is 28.0. The lowest BCUT2D eigenvalue weighted by Gasteiger charge is -2.39. The number of carbonyl (C=O) groups is 1. The third-order valence-electron chi connectivity index (χ3n) is 7.10. The molecule has 1 aliphatic heterocycles. The fourth-order valence-corrected chi connectivity index (χ4v) is 5.18.